The summed E-state index contributed by atoms with van der Waals surface area (Å²) in [4.78, 5) is 6.96. The van der Waals surface area contributed by atoms with Crippen LogP contribution in [-0.4, -0.2) is 44.1 Å². The van der Waals surface area contributed by atoms with E-state index in [9.17, 15) is 0 Å². The zero-order chi connectivity index (χ0) is 17.9. The van der Waals surface area contributed by atoms with Crippen molar-refractivity contribution in [3.8, 4) is 5.75 Å². The Hall–Kier alpha value is -1.02. The lowest BCUT2D eigenvalue weighted by Gasteiger charge is -2.29. The Labute approximate surface area is 170 Å². The number of likely N-dealkylation sites (N-methyl/N-ethyl adjacent to an activating group) is 1. The van der Waals surface area contributed by atoms with Gasteiger partial charge < -0.3 is 15.8 Å². The number of ether oxygens (including phenoxy) is 1. The second-order valence-electron chi connectivity index (χ2n) is 6.35. The van der Waals surface area contributed by atoms with E-state index < -0.39 is 0 Å². The third-order valence-corrected chi connectivity index (χ3v) is 4.19. The minimum Gasteiger partial charge on any atom is -0.497 e. The number of nitrogens with one attached hydrogen (secondary N) is 1. The van der Waals surface area contributed by atoms with Gasteiger partial charge >= 0.3 is 0 Å². The average Bonchev–Trinajstić information content (AvgIpc) is 2.58. The third kappa shape index (κ3) is 8.76. The van der Waals surface area contributed by atoms with Gasteiger partial charge in [-0.3, -0.25) is 9.89 Å². The molecule has 0 spiro atoms. The van der Waals surface area contributed by atoms with Crippen molar-refractivity contribution >= 4 is 29.9 Å². The molecule has 1 atom stereocenters. The normalized spacial score (nSPS) is 12.8. The van der Waals surface area contributed by atoms with E-state index in [4.69, 9.17) is 10.5 Å². The molecular weight excluding hydrogens is 427 g/mol. The molecule has 0 saturated carbocycles. The fourth-order valence-electron chi connectivity index (χ4n) is 2.67. The maximum absolute atomic E-state index is 6.02. The molecule has 25 heavy (non-hydrogen) atoms. The number of guanidine groups is 1. The molecule has 3 N–H and O–H groups in total. The fourth-order valence-corrected chi connectivity index (χ4v) is 2.67. The Morgan fingerprint density at radius 3 is 2.52 bits per heavy atom. The number of methoxy groups -OCH3 is 1. The minimum absolute atomic E-state index is 0. The van der Waals surface area contributed by atoms with E-state index in [1.807, 2.05) is 12.1 Å². The summed E-state index contributed by atoms with van der Waals surface area (Å²) in [5.41, 5.74) is 7.23. The average molecular weight is 462 g/mol. The van der Waals surface area contributed by atoms with Crippen LogP contribution in [0.2, 0.25) is 0 Å². The first kappa shape index (κ1) is 24.0. The van der Waals surface area contributed by atoms with Gasteiger partial charge in [0.25, 0.3) is 0 Å². The van der Waals surface area contributed by atoms with Crippen LogP contribution in [0, 0.1) is 5.92 Å². The monoisotopic (exact) mass is 462 g/mol. The summed E-state index contributed by atoms with van der Waals surface area (Å²) in [6, 6.07) is 8.40. The Morgan fingerprint density at radius 1 is 1.28 bits per heavy atom. The zero-order valence-electron chi connectivity index (χ0n) is 16.3. The third-order valence-electron chi connectivity index (χ3n) is 4.19. The lowest BCUT2D eigenvalue weighted by Crippen LogP contribution is -2.35. The molecule has 144 valence electrons. The highest BCUT2D eigenvalue weighted by atomic mass is 127. The molecule has 0 aliphatic rings. The van der Waals surface area contributed by atoms with Crippen LogP contribution < -0.4 is 15.8 Å². The highest BCUT2D eigenvalue weighted by Crippen LogP contribution is 2.24. The molecule has 1 aromatic carbocycles. The highest BCUT2D eigenvalue weighted by molar-refractivity contribution is 14.0. The van der Waals surface area contributed by atoms with E-state index in [-0.39, 0.29) is 30.0 Å². The summed E-state index contributed by atoms with van der Waals surface area (Å²) >= 11 is 0. The van der Waals surface area contributed by atoms with Crippen molar-refractivity contribution in [2.24, 2.45) is 16.6 Å². The maximum atomic E-state index is 6.02. The van der Waals surface area contributed by atoms with Crippen LogP contribution in [0.1, 0.15) is 45.7 Å². The summed E-state index contributed by atoms with van der Waals surface area (Å²) < 4.78 is 5.36. The SMILES string of the molecule is CCN(CC)C(CN=C(N)NCCC(C)C)c1cccc(OC)c1.I. The van der Waals surface area contributed by atoms with Gasteiger partial charge in [-0.25, -0.2) is 0 Å². The molecule has 1 unspecified atom stereocenters. The molecule has 0 amide bonds. The van der Waals surface area contributed by atoms with Gasteiger partial charge in [-0.15, -0.1) is 24.0 Å². The summed E-state index contributed by atoms with van der Waals surface area (Å²) in [5, 5.41) is 3.20. The van der Waals surface area contributed by atoms with Crippen molar-refractivity contribution in [3.63, 3.8) is 0 Å². The van der Waals surface area contributed by atoms with Crippen LogP contribution >= 0.6 is 24.0 Å². The summed E-state index contributed by atoms with van der Waals surface area (Å²) in [5.74, 6) is 2.05. The molecule has 0 aromatic heterocycles. The fraction of sp³-hybridized carbons (Fsp3) is 0.632. The maximum Gasteiger partial charge on any atom is 0.188 e. The Kier molecular flexibility index (Phi) is 12.7. The standard InChI is InChI=1S/C19H34N4O.HI/c1-6-23(7-2)18(16-9-8-10-17(13-16)24-5)14-22-19(20)21-12-11-15(3)4;/h8-10,13,15,18H,6-7,11-12,14H2,1-5H3,(H3,20,21,22);1H. The molecule has 1 rings (SSSR count). The number of hydrogen-bond donors (Lipinski definition) is 2. The molecule has 0 fully saturated rings. The highest BCUT2D eigenvalue weighted by Gasteiger charge is 2.18. The van der Waals surface area contributed by atoms with Gasteiger partial charge in [-0.05, 0) is 43.1 Å². The van der Waals surface area contributed by atoms with E-state index in [1.165, 1.54) is 5.56 Å². The van der Waals surface area contributed by atoms with Crippen molar-refractivity contribution in [2.45, 2.75) is 40.2 Å². The van der Waals surface area contributed by atoms with Gasteiger partial charge in [0, 0.05) is 6.54 Å². The van der Waals surface area contributed by atoms with Crippen LogP contribution in [0.5, 0.6) is 5.75 Å². The van der Waals surface area contributed by atoms with Gasteiger partial charge in [0.2, 0.25) is 0 Å². The van der Waals surface area contributed by atoms with Crippen LogP contribution in [0.15, 0.2) is 29.3 Å². The Bertz CT molecular complexity index is 504. The molecule has 6 heteroatoms. The van der Waals surface area contributed by atoms with E-state index in [2.05, 4.69) is 55.0 Å². The molecule has 0 heterocycles. The molecular formula is C19H35IN4O. The number of nitrogens with two attached hydrogens (primary N) is 1. The van der Waals surface area contributed by atoms with Gasteiger partial charge in [0.1, 0.15) is 5.75 Å². The number of halogens is 1. The molecule has 1 aromatic rings. The summed E-state index contributed by atoms with van der Waals surface area (Å²) in [7, 11) is 1.69. The topological polar surface area (TPSA) is 62.9 Å². The molecule has 0 radical (unpaired) electrons. The van der Waals surface area contributed by atoms with Crippen LogP contribution in [0.4, 0.5) is 0 Å². The predicted molar refractivity (Wildman–Crippen MR) is 118 cm³/mol. The van der Waals surface area contributed by atoms with E-state index >= 15 is 0 Å². The van der Waals surface area contributed by atoms with E-state index in [0.717, 1.165) is 31.8 Å². The number of aliphatic imine (C=N–C) groups is 1. The van der Waals surface area contributed by atoms with Crippen molar-refractivity contribution in [3.05, 3.63) is 29.8 Å². The quantitative estimate of drug-likeness (QED) is 0.317. The largest absolute Gasteiger partial charge is 0.497 e. The van der Waals surface area contributed by atoms with Gasteiger partial charge in [-0.2, -0.15) is 0 Å². The van der Waals surface area contributed by atoms with Crippen molar-refractivity contribution in [2.75, 3.05) is 33.3 Å². The lowest BCUT2D eigenvalue weighted by atomic mass is 10.0. The van der Waals surface area contributed by atoms with Crippen molar-refractivity contribution in [1.82, 2.24) is 10.2 Å². The zero-order valence-corrected chi connectivity index (χ0v) is 18.6. The smallest absolute Gasteiger partial charge is 0.188 e. The minimum atomic E-state index is 0. The van der Waals surface area contributed by atoms with Crippen molar-refractivity contribution in [1.29, 1.82) is 0 Å². The Morgan fingerprint density at radius 2 is 1.96 bits per heavy atom. The number of rotatable bonds is 10. The second kappa shape index (κ2) is 13.2. The van der Waals surface area contributed by atoms with E-state index in [1.54, 1.807) is 7.11 Å². The molecule has 0 aliphatic carbocycles. The van der Waals surface area contributed by atoms with Crippen LogP contribution in [0.3, 0.4) is 0 Å². The van der Waals surface area contributed by atoms with Gasteiger partial charge in [0.05, 0.1) is 19.7 Å². The molecule has 5 nitrogen and oxygen atoms in total. The molecule has 0 bridgehead atoms. The number of benzene rings is 1. The predicted octanol–water partition coefficient (Wildman–Crippen LogP) is 3.65. The van der Waals surface area contributed by atoms with Crippen LogP contribution in [0.25, 0.3) is 0 Å². The molecule has 0 aliphatic heterocycles. The summed E-state index contributed by atoms with van der Waals surface area (Å²) in [6.45, 7) is 12.2. The number of hydrogen-bond acceptors (Lipinski definition) is 3. The molecule has 0 saturated heterocycles. The van der Waals surface area contributed by atoms with Gasteiger partial charge in [-0.1, -0.05) is 39.8 Å². The van der Waals surface area contributed by atoms with Crippen molar-refractivity contribution < 1.29 is 4.74 Å². The number of nitrogens with zero attached hydrogens (tertiary/aromatic N) is 2. The van der Waals surface area contributed by atoms with Crippen LogP contribution in [-0.2, 0) is 0 Å². The summed E-state index contributed by atoms with van der Waals surface area (Å²) in [6.07, 6.45) is 1.09. The van der Waals surface area contributed by atoms with Gasteiger partial charge in [0.15, 0.2) is 5.96 Å². The van der Waals surface area contributed by atoms with E-state index in [0.29, 0.717) is 18.4 Å². The first-order chi connectivity index (χ1) is 11.5. The lowest BCUT2D eigenvalue weighted by molar-refractivity contribution is 0.224. The second-order valence-corrected chi connectivity index (χ2v) is 6.35. The first-order valence-corrected chi connectivity index (χ1v) is 8.93. The Balaban J connectivity index is 0.00000576. The first-order valence-electron chi connectivity index (χ1n) is 8.93.